The first-order chi connectivity index (χ1) is 12.3. The first-order valence-corrected chi connectivity index (χ1v) is 7.51. The second kappa shape index (κ2) is 8.50. The molecule has 2 N–H and O–H groups in total. The van der Waals surface area contributed by atoms with Crippen LogP contribution in [0.4, 0.5) is 22.0 Å². The molecule has 9 heteroatoms. The van der Waals surface area contributed by atoms with E-state index in [1.807, 2.05) is 0 Å². The fourth-order valence-electron chi connectivity index (χ4n) is 2.06. The lowest BCUT2D eigenvalue weighted by molar-refractivity contribution is 0.146. The van der Waals surface area contributed by atoms with Gasteiger partial charge in [0.15, 0.2) is 23.3 Å². The Balaban J connectivity index is 2.20. The minimum absolute atomic E-state index is 0.0124. The molecule has 2 rings (SSSR count). The van der Waals surface area contributed by atoms with Crippen LogP contribution >= 0.6 is 0 Å². The van der Waals surface area contributed by atoms with E-state index in [1.165, 1.54) is 19.1 Å². The van der Waals surface area contributed by atoms with Crippen molar-refractivity contribution in [2.24, 2.45) is 0 Å². The summed E-state index contributed by atoms with van der Waals surface area (Å²) in [6, 6.07) is 3.55. The van der Waals surface area contributed by atoms with Gasteiger partial charge in [-0.15, -0.1) is 0 Å². The van der Waals surface area contributed by atoms with E-state index in [2.05, 4.69) is 15.3 Å². The van der Waals surface area contributed by atoms with Crippen LogP contribution < -0.4 is 5.32 Å². The van der Waals surface area contributed by atoms with Gasteiger partial charge in [0.1, 0.15) is 5.71 Å². The minimum Gasteiger partial charge on any atom is -0.384 e. The van der Waals surface area contributed by atoms with Gasteiger partial charge in [-0.1, -0.05) is 12.1 Å². The minimum atomic E-state index is -2.73. The topological polar surface area (TPSA) is 61.7 Å². The molecule has 138 valence electrons. The normalized spacial score (nSPS) is 11.7. The maximum Gasteiger partial charge on any atom is 0.244 e. The van der Waals surface area contributed by atoms with Crippen LogP contribution in [0, 0.1) is 29.8 Å². The molecule has 0 saturated heterocycles. The molecule has 1 heterocycles. The molecule has 26 heavy (non-hydrogen) atoms. The number of aromatic nitrogens is 2. The summed E-state index contributed by atoms with van der Waals surface area (Å²) < 4.78 is 65.5. The fourth-order valence-corrected chi connectivity index (χ4v) is 2.06. The molecule has 1 aromatic carbocycles. The zero-order valence-corrected chi connectivity index (χ0v) is 13.7. The van der Waals surface area contributed by atoms with Gasteiger partial charge < -0.3 is 5.32 Å². The molecule has 0 aliphatic rings. The SMILES string of the molecule is Cc1nc(C(=N)/C=C(/CC(F)F)NCc2cccc(F)c2F)ncc1F. The van der Waals surface area contributed by atoms with Crippen molar-refractivity contribution in [1.29, 1.82) is 5.41 Å². The maximum absolute atomic E-state index is 13.6. The van der Waals surface area contributed by atoms with E-state index >= 15 is 0 Å². The van der Waals surface area contributed by atoms with E-state index in [4.69, 9.17) is 5.41 Å². The quantitative estimate of drug-likeness (QED) is 0.574. The van der Waals surface area contributed by atoms with Gasteiger partial charge >= 0.3 is 0 Å². The number of hydrogen-bond acceptors (Lipinski definition) is 4. The first-order valence-electron chi connectivity index (χ1n) is 7.51. The van der Waals surface area contributed by atoms with Gasteiger partial charge in [0.05, 0.1) is 11.9 Å². The monoisotopic (exact) mass is 370 g/mol. The van der Waals surface area contributed by atoms with Crippen LogP contribution in [0.3, 0.4) is 0 Å². The smallest absolute Gasteiger partial charge is 0.244 e. The van der Waals surface area contributed by atoms with Gasteiger partial charge in [-0.05, 0) is 19.1 Å². The molecule has 0 fully saturated rings. The number of allylic oxidation sites excluding steroid dienone is 2. The maximum atomic E-state index is 13.6. The Kier molecular flexibility index (Phi) is 6.37. The number of nitrogens with one attached hydrogen (secondary N) is 2. The molecular weight excluding hydrogens is 355 g/mol. The Morgan fingerprint density at radius 1 is 1.23 bits per heavy atom. The van der Waals surface area contributed by atoms with E-state index in [9.17, 15) is 22.0 Å². The lowest BCUT2D eigenvalue weighted by atomic mass is 10.1. The summed E-state index contributed by atoms with van der Waals surface area (Å²) in [6.45, 7) is 1.13. The van der Waals surface area contributed by atoms with E-state index in [0.717, 1.165) is 18.3 Å². The summed E-state index contributed by atoms with van der Waals surface area (Å²) in [6.07, 6.45) is -1.53. The summed E-state index contributed by atoms with van der Waals surface area (Å²) in [7, 11) is 0. The molecule has 0 unspecified atom stereocenters. The average molecular weight is 370 g/mol. The second-order valence-electron chi connectivity index (χ2n) is 5.37. The summed E-state index contributed by atoms with van der Waals surface area (Å²) in [5.41, 5.74) is -0.445. The number of nitrogens with zero attached hydrogens (tertiary/aromatic N) is 2. The van der Waals surface area contributed by atoms with E-state index in [1.54, 1.807) is 0 Å². The van der Waals surface area contributed by atoms with E-state index in [0.29, 0.717) is 0 Å². The largest absolute Gasteiger partial charge is 0.384 e. The van der Waals surface area contributed by atoms with Gasteiger partial charge in [-0.3, -0.25) is 5.41 Å². The summed E-state index contributed by atoms with van der Waals surface area (Å²) >= 11 is 0. The lowest BCUT2D eigenvalue weighted by Crippen LogP contribution is -2.18. The van der Waals surface area contributed by atoms with Gasteiger partial charge in [0, 0.05) is 24.2 Å². The summed E-state index contributed by atoms with van der Waals surface area (Å²) in [4.78, 5) is 7.40. The molecule has 0 saturated carbocycles. The highest BCUT2D eigenvalue weighted by Gasteiger charge is 2.13. The molecule has 1 aromatic heterocycles. The van der Waals surface area contributed by atoms with Crippen molar-refractivity contribution >= 4 is 5.71 Å². The van der Waals surface area contributed by atoms with Crippen molar-refractivity contribution in [3.63, 3.8) is 0 Å². The van der Waals surface area contributed by atoms with Crippen molar-refractivity contribution in [2.75, 3.05) is 0 Å². The highest BCUT2D eigenvalue weighted by Crippen LogP contribution is 2.14. The van der Waals surface area contributed by atoms with Gasteiger partial charge in [-0.2, -0.15) is 0 Å². The third-order valence-corrected chi connectivity index (χ3v) is 3.39. The fraction of sp³-hybridized carbons (Fsp3) is 0.235. The van der Waals surface area contributed by atoms with Crippen molar-refractivity contribution < 1.29 is 22.0 Å². The van der Waals surface area contributed by atoms with Gasteiger partial charge in [0.2, 0.25) is 6.43 Å². The highest BCUT2D eigenvalue weighted by atomic mass is 19.3. The number of rotatable bonds is 7. The predicted molar refractivity (Wildman–Crippen MR) is 85.5 cm³/mol. The Bertz CT molecular complexity index is 836. The van der Waals surface area contributed by atoms with Crippen LogP contribution in [0.5, 0.6) is 0 Å². The predicted octanol–water partition coefficient (Wildman–Crippen LogP) is 3.90. The van der Waals surface area contributed by atoms with Crippen LogP contribution in [0.1, 0.15) is 23.5 Å². The highest BCUT2D eigenvalue weighted by molar-refractivity contribution is 6.04. The molecule has 0 atom stereocenters. The van der Waals surface area contributed by atoms with Crippen molar-refractivity contribution in [3.05, 3.63) is 70.7 Å². The van der Waals surface area contributed by atoms with Crippen LogP contribution in [0.15, 0.2) is 36.2 Å². The van der Waals surface area contributed by atoms with Crippen LogP contribution in [0.2, 0.25) is 0 Å². The Hall–Kier alpha value is -2.84. The standard InChI is InChI=1S/C17H15F5N4/c1-9-13(19)8-25-17(26-9)14(23)5-11(6-15(20)21)24-7-10-3-2-4-12(18)16(10)22/h2-5,8,15,23-24H,6-7H2,1H3/b11-5-,23-14?. The molecular formula is C17H15F5N4. The average Bonchev–Trinajstić information content (AvgIpc) is 2.57. The van der Waals surface area contributed by atoms with Gasteiger partial charge in [-0.25, -0.2) is 31.9 Å². The zero-order chi connectivity index (χ0) is 19.3. The zero-order valence-electron chi connectivity index (χ0n) is 13.7. The third kappa shape index (κ3) is 5.08. The number of hydrogen-bond donors (Lipinski definition) is 2. The molecule has 0 amide bonds. The van der Waals surface area contributed by atoms with Crippen LogP contribution in [0.25, 0.3) is 0 Å². The van der Waals surface area contributed by atoms with E-state index < -0.39 is 30.3 Å². The Labute approximate surface area is 146 Å². The molecule has 4 nitrogen and oxygen atoms in total. The van der Waals surface area contributed by atoms with Crippen LogP contribution in [-0.4, -0.2) is 22.1 Å². The number of alkyl halides is 2. The molecule has 0 bridgehead atoms. The van der Waals surface area contributed by atoms with Crippen LogP contribution in [-0.2, 0) is 6.54 Å². The van der Waals surface area contributed by atoms with Crippen molar-refractivity contribution in [3.8, 4) is 0 Å². The van der Waals surface area contributed by atoms with E-state index in [-0.39, 0.29) is 35.0 Å². The molecule has 2 aromatic rings. The Morgan fingerprint density at radius 3 is 2.62 bits per heavy atom. The Morgan fingerprint density at radius 2 is 1.96 bits per heavy atom. The number of halogens is 5. The third-order valence-electron chi connectivity index (χ3n) is 3.39. The second-order valence-corrected chi connectivity index (χ2v) is 5.37. The number of benzene rings is 1. The van der Waals surface area contributed by atoms with Crippen molar-refractivity contribution in [2.45, 2.75) is 26.3 Å². The number of aryl methyl sites for hydroxylation is 1. The van der Waals surface area contributed by atoms with Crippen molar-refractivity contribution in [1.82, 2.24) is 15.3 Å². The molecule has 0 radical (unpaired) electrons. The lowest BCUT2D eigenvalue weighted by Gasteiger charge is -2.12. The molecule has 0 spiro atoms. The first kappa shape index (κ1) is 19.5. The molecule has 0 aliphatic heterocycles. The summed E-state index contributed by atoms with van der Waals surface area (Å²) in [5.74, 6) is -2.93. The summed E-state index contributed by atoms with van der Waals surface area (Å²) in [5, 5.41) is 10.5. The molecule has 0 aliphatic carbocycles. The van der Waals surface area contributed by atoms with Gasteiger partial charge in [0.25, 0.3) is 0 Å².